The summed E-state index contributed by atoms with van der Waals surface area (Å²) in [4.78, 5) is 15.3. The molecule has 152 valence electrons. The second kappa shape index (κ2) is 9.66. The predicted molar refractivity (Wildman–Crippen MR) is 109 cm³/mol. The Balaban J connectivity index is 2.24. The fraction of sp³-hybridized carbons (Fsp3) is 0.650. The first-order valence-corrected chi connectivity index (χ1v) is 11.4. The first-order valence-electron chi connectivity index (χ1n) is 10.0. The minimum absolute atomic E-state index is 0.0433. The van der Waals surface area contributed by atoms with E-state index in [1.807, 2.05) is 13.8 Å². The molecule has 1 aliphatic heterocycles. The van der Waals surface area contributed by atoms with Crippen LogP contribution in [0.15, 0.2) is 23.1 Å². The molecule has 0 bridgehead atoms. The molecule has 0 aliphatic carbocycles. The number of carbonyl (C=O) groups excluding carboxylic acids is 1. The molecule has 1 aromatic carbocycles. The molecule has 1 N–H and O–H groups in total. The number of hydrogen-bond acceptors (Lipinski definition) is 4. The number of carbonyl (C=O) groups is 1. The molecule has 1 aliphatic rings. The highest BCUT2D eigenvalue weighted by molar-refractivity contribution is 7.89. The summed E-state index contributed by atoms with van der Waals surface area (Å²) in [6, 6.07) is 4.99. The van der Waals surface area contributed by atoms with E-state index in [-0.39, 0.29) is 16.8 Å². The van der Waals surface area contributed by atoms with Gasteiger partial charge in [0.15, 0.2) is 0 Å². The van der Waals surface area contributed by atoms with Crippen molar-refractivity contribution in [3.8, 4) is 0 Å². The zero-order valence-electron chi connectivity index (χ0n) is 17.0. The van der Waals surface area contributed by atoms with Crippen LogP contribution in [0.1, 0.15) is 52.0 Å². The highest BCUT2D eigenvalue weighted by Crippen LogP contribution is 2.25. The van der Waals surface area contributed by atoms with Crippen LogP contribution in [-0.4, -0.2) is 55.8 Å². The Labute approximate surface area is 164 Å². The van der Waals surface area contributed by atoms with Gasteiger partial charge in [-0.25, -0.2) is 8.42 Å². The fourth-order valence-corrected chi connectivity index (χ4v) is 5.44. The number of anilines is 1. The maximum atomic E-state index is 12.9. The Kier molecular flexibility index (Phi) is 7.82. The zero-order chi connectivity index (χ0) is 20.0. The number of rotatable bonds is 8. The van der Waals surface area contributed by atoms with Gasteiger partial charge in [-0.3, -0.25) is 9.69 Å². The largest absolute Gasteiger partial charge is 0.325 e. The first kappa shape index (κ1) is 21.9. The van der Waals surface area contributed by atoms with Crippen LogP contribution in [0.4, 0.5) is 5.69 Å². The van der Waals surface area contributed by atoms with E-state index < -0.39 is 10.0 Å². The van der Waals surface area contributed by atoms with Crippen LogP contribution in [-0.2, 0) is 14.8 Å². The fourth-order valence-electron chi connectivity index (χ4n) is 3.73. The molecule has 0 radical (unpaired) electrons. The number of hydrogen-bond donors (Lipinski definition) is 1. The van der Waals surface area contributed by atoms with Crippen LogP contribution in [0.3, 0.4) is 0 Å². The van der Waals surface area contributed by atoms with Gasteiger partial charge in [-0.2, -0.15) is 4.31 Å². The maximum absolute atomic E-state index is 12.9. The van der Waals surface area contributed by atoms with Crippen molar-refractivity contribution in [2.24, 2.45) is 0 Å². The highest BCUT2D eigenvalue weighted by Gasteiger charge is 2.29. The molecule has 6 nitrogen and oxygen atoms in total. The molecule has 1 atom stereocenters. The molecule has 0 spiro atoms. The molecule has 27 heavy (non-hydrogen) atoms. The third-order valence-corrected chi connectivity index (χ3v) is 7.40. The Morgan fingerprint density at radius 1 is 1.22 bits per heavy atom. The third-order valence-electron chi connectivity index (χ3n) is 5.21. The average molecular weight is 396 g/mol. The lowest BCUT2D eigenvalue weighted by molar-refractivity contribution is -0.122. The standard InChI is InChI=1S/C20H33N3O3S/c1-5-13-22-14-9-8-10-18(22)20(24)21-17-12-11-16(4)19(15-17)27(25,26)23(6-2)7-3/h11-12,15,18H,5-10,13-14H2,1-4H3,(H,21,24). The van der Waals surface area contributed by atoms with Gasteiger partial charge >= 0.3 is 0 Å². The second-order valence-electron chi connectivity index (χ2n) is 7.11. The van der Waals surface area contributed by atoms with Gasteiger partial charge in [0.1, 0.15) is 0 Å². The van der Waals surface area contributed by atoms with E-state index >= 15 is 0 Å². The quantitative estimate of drug-likeness (QED) is 0.734. The number of benzene rings is 1. The van der Waals surface area contributed by atoms with Gasteiger partial charge in [0.2, 0.25) is 15.9 Å². The number of piperidine rings is 1. The van der Waals surface area contributed by atoms with Crippen molar-refractivity contribution in [2.45, 2.75) is 64.3 Å². The lowest BCUT2D eigenvalue weighted by Crippen LogP contribution is -2.47. The Bertz CT molecular complexity index is 743. The monoisotopic (exact) mass is 395 g/mol. The van der Waals surface area contributed by atoms with Gasteiger partial charge in [0.25, 0.3) is 0 Å². The molecule has 0 aromatic heterocycles. The van der Waals surface area contributed by atoms with Gasteiger partial charge in [0, 0.05) is 18.8 Å². The molecular weight excluding hydrogens is 362 g/mol. The van der Waals surface area contributed by atoms with E-state index in [9.17, 15) is 13.2 Å². The molecule has 2 rings (SSSR count). The number of sulfonamides is 1. The van der Waals surface area contributed by atoms with E-state index in [1.54, 1.807) is 25.1 Å². The zero-order valence-corrected chi connectivity index (χ0v) is 17.8. The summed E-state index contributed by atoms with van der Waals surface area (Å²) in [5.41, 5.74) is 1.23. The van der Waals surface area contributed by atoms with Crippen LogP contribution in [0.2, 0.25) is 0 Å². The van der Waals surface area contributed by atoms with Crippen molar-refractivity contribution in [2.75, 3.05) is 31.5 Å². The molecule has 0 saturated carbocycles. The van der Waals surface area contributed by atoms with Crippen molar-refractivity contribution in [3.05, 3.63) is 23.8 Å². The summed E-state index contributed by atoms with van der Waals surface area (Å²) < 4.78 is 27.2. The summed E-state index contributed by atoms with van der Waals surface area (Å²) in [5, 5.41) is 2.95. The molecule has 1 amide bonds. The number of likely N-dealkylation sites (tertiary alicyclic amines) is 1. The first-order chi connectivity index (χ1) is 12.8. The summed E-state index contributed by atoms with van der Waals surface area (Å²) in [5.74, 6) is -0.0433. The van der Waals surface area contributed by atoms with Crippen LogP contribution >= 0.6 is 0 Å². The SMILES string of the molecule is CCCN1CCCCC1C(=O)Nc1ccc(C)c(S(=O)(=O)N(CC)CC)c1. The van der Waals surface area contributed by atoms with Crippen LogP contribution in [0.5, 0.6) is 0 Å². The van der Waals surface area contributed by atoms with Crippen molar-refractivity contribution in [1.29, 1.82) is 0 Å². The van der Waals surface area contributed by atoms with Crippen molar-refractivity contribution >= 4 is 21.6 Å². The summed E-state index contributed by atoms with van der Waals surface area (Å²) in [7, 11) is -3.56. The van der Waals surface area contributed by atoms with Gasteiger partial charge in [-0.05, 0) is 57.0 Å². The summed E-state index contributed by atoms with van der Waals surface area (Å²) in [6.45, 7) is 10.3. The number of nitrogens with zero attached hydrogens (tertiary/aromatic N) is 2. The average Bonchev–Trinajstić information content (AvgIpc) is 2.64. The van der Waals surface area contributed by atoms with Crippen molar-refractivity contribution in [3.63, 3.8) is 0 Å². The van der Waals surface area contributed by atoms with Crippen LogP contribution < -0.4 is 5.32 Å². The van der Waals surface area contributed by atoms with Gasteiger partial charge < -0.3 is 5.32 Å². The van der Waals surface area contributed by atoms with Gasteiger partial charge in [-0.15, -0.1) is 0 Å². The van der Waals surface area contributed by atoms with Crippen LogP contribution in [0, 0.1) is 6.92 Å². The normalized spacial score (nSPS) is 18.6. The Morgan fingerprint density at radius 2 is 1.93 bits per heavy atom. The van der Waals surface area contributed by atoms with E-state index in [4.69, 9.17) is 0 Å². The smallest absolute Gasteiger partial charge is 0.243 e. The van der Waals surface area contributed by atoms with Gasteiger partial charge in [-0.1, -0.05) is 33.3 Å². The highest BCUT2D eigenvalue weighted by atomic mass is 32.2. The molecule has 1 heterocycles. The van der Waals surface area contributed by atoms with Gasteiger partial charge in [0.05, 0.1) is 10.9 Å². The molecule has 1 unspecified atom stereocenters. The summed E-state index contributed by atoms with van der Waals surface area (Å²) >= 11 is 0. The predicted octanol–water partition coefficient (Wildman–Crippen LogP) is 3.23. The summed E-state index contributed by atoms with van der Waals surface area (Å²) in [6.07, 6.45) is 4.04. The Morgan fingerprint density at radius 3 is 2.56 bits per heavy atom. The maximum Gasteiger partial charge on any atom is 0.243 e. The third kappa shape index (κ3) is 5.09. The lowest BCUT2D eigenvalue weighted by atomic mass is 10.0. The molecule has 1 fully saturated rings. The van der Waals surface area contributed by atoms with E-state index in [1.165, 1.54) is 4.31 Å². The lowest BCUT2D eigenvalue weighted by Gasteiger charge is -2.34. The molecule has 7 heteroatoms. The number of amides is 1. The van der Waals surface area contributed by atoms with Crippen molar-refractivity contribution < 1.29 is 13.2 Å². The minimum Gasteiger partial charge on any atom is -0.325 e. The Hall–Kier alpha value is -1.44. The number of aryl methyl sites for hydroxylation is 1. The molecular formula is C20H33N3O3S. The van der Waals surface area contributed by atoms with E-state index in [2.05, 4.69) is 17.1 Å². The van der Waals surface area contributed by atoms with E-state index in [0.29, 0.717) is 24.3 Å². The topological polar surface area (TPSA) is 69.7 Å². The molecule has 1 aromatic rings. The molecule has 1 saturated heterocycles. The van der Waals surface area contributed by atoms with Crippen LogP contribution in [0.25, 0.3) is 0 Å². The van der Waals surface area contributed by atoms with Crippen molar-refractivity contribution in [1.82, 2.24) is 9.21 Å². The minimum atomic E-state index is -3.56. The second-order valence-corrected chi connectivity index (χ2v) is 9.01. The van der Waals surface area contributed by atoms with E-state index in [0.717, 1.165) is 38.8 Å². The number of nitrogens with one attached hydrogen (secondary N) is 1.